The number of nitrogens with one attached hydrogen (secondary N) is 6. The number of para-hydroxylation sites is 1. The van der Waals surface area contributed by atoms with E-state index in [1.807, 2.05) is 38.1 Å². The molecule has 0 aliphatic rings. The Kier molecular flexibility index (Phi) is 10.3. The zero-order valence-electron chi connectivity index (χ0n) is 24.0. The van der Waals surface area contributed by atoms with Crippen molar-refractivity contribution in [2.24, 2.45) is 11.7 Å². The number of nitrogens with zero attached hydrogens (tertiary/aromatic N) is 2. The highest BCUT2D eigenvalue weighted by Crippen LogP contribution is 2.19. The van der Waals surface area contributed by atoms with Crippen LogP contribution in [0.25, 0.3) is 10.9 Å². The zero-order valence-corrected chi connectivity index (χ0v) is 24.0. The van der Waals surface area contributed by atoms with Crippen LogP contribution in [0, 0.1) is 5.92 Å². The largest absolute Gasteiger partial charge is 0.480 e. The van der Waals surface area contributed by atoms with Crippen LogP contribution < -0.4 is 21.7 Å². The van der Waals surface area contributed by atoms with Crippen LogP contribution in [0.15, 0.2) is 55.5 Å². The van der Waals surface area contributed by atoms with Gasteiger partial charge in [-0.15, -0.1) is 0 Å². The topological polar surface area (TPSA) is 224 Å². The van der Waals surface area contributed by atoms with Crippen LogP contribution in [0.2, 0.25) is 0 Å². The molecule has 43 heavy (non-hydrogen) atoms. The number of hydrogen-bond donors (Lipinski definition) is 8. The van der Waals surface area contributed by atoms with Gasteiger partial charge in [-0.1, -0.05) is 38.5 Å². The Morgan fingerprint density at radius 3 is 1.98 bits per heavy atom. The minimum Gasteiger partial charge on any atom is -0.480 e. The predicted molar refractivity (Wildman–Crippen MR) is 157 cm³/mol. The van der Waals surface area contributed by atoms with Gasteiger partial charge >= 0.3 is 5.97 Å². The predicted octanol–water partition coefficient (Wildman–Crippen LogP) is 0.554. The van der Waals surface area contributed by atoms with E-state index in [0.29, 0.717) is 17.8 Å². The second-order valence-corrected chi connectivity index (χ2v) is 10.6. The van der Waals surface area contributed by atoms with Crippen molar-refractivity contribution in [2.75, 3.05) is 0 Å². The number of imidazole rings is 2. The SMILES string of the molecule is CCC(C)C(N)C(=O)NC(Cc1cnc[nH]1)C(=O)NC(Cc1c[nH]c2ccccc12)C(=O)NC(Cc1cnc[nH]1)C(=O)O. The van der Waals surface area contributed by atoms with E-state index in [4.69, 9.17) is 5.73 Å². The standard InChI is InChI=1S/C29H37N9O5/c1-3-16(2)25(30)28(41)37-23(9-18-12-31-14-34-18)27(40)36-22(8-17-11-33-21-7-5-4-6-20(17)21)26(39)38-24(29(42)43)10-19-13-32-15-35-19/h4-7,11-16,22-25,33H,3,8-10,30H2,1-2H3,(H,31,34)(H,32,35)(H,36,40)(H,37,41)(H,38,39)(H,42,43). The summed E-state index contributed by atoms with van der Waals surface area (Å²) in [5, 5.41) is 18.7. The maximum atomic E-state index is 13.7. The van der Waals surface area contributed by atoms with E-state index < -0.39 is 47.9 Å². The van der Waals surface area contributed by atoms with Crippen molar-refractivity contribution in [1.82, 2.24) is 40.9 Å². The van der Waals surface area contributed by atoms with Gasteiger partial charge in [-0.25, -0.2) is 14.8 Å². The smallest absolute Gasteiger partial charge is 0.326 e. The first-order chi connectivity index (χ1) is 20.7. The molecule has 0 radical (unpaired) electrons. The van der Waals surface area contributed by atoms with Gasteiger partial charge in [-0.3, -0.25) is 14.4 Å². The number of rotatable bonds is 15. The molecule has 5 unspecified atom stereocenters. The highest BCUT2D eigenvalue weighted by molar-refractivity contribution is 5.95. The molecule has 0 bridgehead atoms. The fraction of sp³-hybridized carbons (Fsp3) is 0.379. The van der Waals surface area contributed by atoms with Crippen molar-refractivity contribution in [3.05, 3.63) is 72.5 Å². The van der Waals surface area contributed by atoms with Crippen molar-refractivity contribution in [2.45, 2.75) is 63.7 Å². The summed E-state index contributed by atoms with van der Waals surface area (Å²) in [4.78, 5) is 69.2. The van der Waals surface area contributed by atoms with E-state index in [0.717, 1.165) is 16.5 Å². The Hall–Kier alpha value is -4.98. The van der Waals surface area contributed by atoms with Crippen molar-refractivity contribution < 1.29 is 24.3 Å². The number of benzene rings is 1. The third-order valence-electron chi connectivity index (χ3n) is 7.50. The molecule has 0 saturated carbocycles. The first-order valence-electron chi connectivity index (χ1n) is 14.0. The van der Waals surface area contributed by atoms with Crippen molar-refractivity contribution in [1.29, 1.82) is 0 Å². The molecule has 14 heteroatoms. The molecule has 3 heterocycles. The maximum absolute atomic E-state index is 13.7. The van der Waals surface area contributed by atoms with Crippen molar-refractivity contribution in [3.8, 4) is 0 Å². The number of aromatic amines is 3. The lowest BCUT2D eigenvalue weighted by Gasteiger charge is -2.26. The fourth-order valence-corrected chi connectivity index (χ4v) is 4.70. The number of carboxylic acid groups (broad SMARTS) is 1. The van der Waals surface area contributed by atoms with E-state index in [-0.39, 0.29) is 25.2 Å². The lowest BCUT2D eigenvalue weighted by molar-refractivity contribution is -0.142. The number of nitrogens with two attached hydrogens (primary N) is 1. The summed E-state index contributed by atoms with van der Waals surface area (Å²) >= 11 is 0. The third-order valence-corrected chi connectivity index (χ3v) is 7.50. The van der Waals surface area contributed by atoms with Crippen molar-refractivity contribution >= 4 is 34.6 Å². The number of carbonyl (C=O) groups excluding carboxylic acids is 3. The lowest BCUT2D eigenvalue weighted by atomic mass is 9.98. The number of aliphatic carboxylic acids is 1. The quantitative estimate of drug-likeness (QED) is 0.0972. The third kappa shape index (κ3) is 8.07. The normalized spacial score (nSPS) is 14.8. The minimum atomic E-state index is -1.29. The highest BCUT2D eigenvalue weighted by Gasteiger charge is 2.32. The summed E-state index contributed by atoms with van der Waals surface area (Å²) in [5.74, 6) is -3.21. The molecule has 0 aliphatic carbocycles. The van der Waals surface area contributed by atoms with E-state index in [1.165, 1.54) is 25.0 Å². The van der Waals surface area contributed by atoms with E-state index in [2.05, 4.69) is 40.9 Å². The minimum absolute atomic E-state index is 0.0408. The molecule has 228 valence electrons. The summed E-state index contributed by atoms with van der Waals surface area (Å²) in [7, 11) is 0. The number of carboxylic acids is 1. The van der Waals surface area contributed by atoms with Crippen LogP contribution in [0.4, 0.5) is 0 Å². The number of carbonyl (C=O) groups is 4. The van der Waals surface area contributed by atoms with Gasteiger partial charge in [-0.2, -0.15) is 0 Å². The zero-order chi connectivity index (χ0) is 30.9. The Balaban J connectivity index is 1.59. The van der Waals surface area contributed by atoms with Gasteiger partial charge in [0.25, 0.3) is 0 Å². The number of hydrogen-bond acceptors (Lipinski definition) is 7. The van der Waals surface area contributed by atoms with Gasteiger partial charge in [0, 0.05) is 60.1 Å². The average Bonchev–Trinajstić information content (AvgIpc) is 3.78. The second kappa shape index (κ2) is 14.3. The van der Waals surface area contributed by atoms with Gasteiger partial charge in [0.1, 0.15) is 18.1 Å². The molecule has 1 aromatic carbocycles. The second-order valence-electron chi connectivity index (χ2n) is 10.6. The van der Waals surface area contributed by atoms with Crippen LogP contribution in [0.3, 0.4) is 0 Å². The molecule has 0 spiro atoms. The molecular weight excluding hydrogens is 554 g/mol. The lowest BCUT2D eigenvalue weighted by Crippen LogP contribution is -2.58. The summed E-state index contributed by atoms with van der Waals surface area (Å²) < 4.78 is 0. The number of H-pyrrole nitrogens is 3. The van der Waals surface area contributed by atoms with Crippen LogP contribution in [0.1, 0.15) is 37.2 Å². The monoisotopic (exact) mass is 591 g/mol. The van der Waals surface area contributed by atoms with E-state index in [1.54, 1.807) is 6.20 Å². The van der Waals surface area contributed by atoms with Crippen LogP contribution in [-0.4, -0.2) is 77.9 Å². The molecule has 14 nitrogen and oxygen atoms in total. The van der Waals surface area contributed by atoms with Crippen LogP contribution in [0.5, 0.6) is 0 Å². The van der Waals surface area contributed by atoms with E-state index >= 15 is 0 Å². The Morgan fingerprint density at radius 2 is 1.40 bits per heavy atom. The molecule has 9 N–H and O–H groups in total. The molecule has 0 fully saturated rings. The summed E-state index contributed by atoms with van der Waals surface area (Å²) in [5.41, 5.74) is 8.81. The van der Waals surface area contributed by atoms with Gasteiger partial charge in [0.2, 0.25) is 17.7 Å². The molecule has 0 aliphatic heterocycles. The Bertz CT molecular complexity index is 1520. The Labute approximate surface area is 247 Å². The number of aromatic nitrogens is 5. The molecule has 3 amide bonds. The molecule has 0 saturated heterocycles. The molecule has 4 aromatic rings. The summed E-state index contributed by atoms with van der Waals surface area (Å²) in [6, 6.07) is 3.09. The number of amides is 3. The fourth-order valence-electron chi connectivity index (χ4n) is 4.70. The van der Waals surface area contributed by atoms with Gasteiger partial charge in [-0.05, 0) is 17.5 Å². The first-order valence-corrected chi connectivity index (χ1v) is 14.0. The van der Waals surface area contributed by atoms with Gasteiger partial charge in [0.15, 0.2) is 0 Å². The number of fused-ring (bicyclic) bond motifs is 1. The van der Waals surface area contributed by atoms with E-state index in [9.17, 15) is 24.3 Å². The summed E-state index contributed by atoms with van der Waals surface area (Å²) in [6.45, 7) is 3.76. The average molecular weight is 592 g/mol. The molecule has 4 rings (SSSR count). The van der Waals surface area contributed by atoms with Crippen LogP contribution >= 0.6 is 0 Å². The van der Waals surface area contributed by atoms with Crippen LogP contribution in [-0.2, 0) is 38.4 Å². The maximum Gasteiger partial charge on any atom is 0.326 e. The van der Waals surface area contributed by atoms with Gasteiger partial charge in [0.05, 0.1) is 18.7 Å². The Morgan fingerprint density at radius 1 is 0.837 bits per heavy atom. The molecular formula is C29H37N9O5. The van der Waals surface area contributed by atoms with Gasteiger partial charge < -0.3 is 41.7 Å². The highest BCUT2D eigenvalue weighted by atomic mass is 16.4. The first kappa shape index (κ1) is 31.0. The molecule has 3 aromatic heterocycles. The summed E-state index contributed by atoms with van der Waals surface area (Å²) in [6.07, 6.45) is 8.35. The van der Waals surface area contributed by atoms with Crippen molar-refractivity contribution in [3.63, 3.8) is 0 Å². The molecule has 5 atom stereocenters.